The number of aromatic hydroxyl groups is 1. The van der Waals surface area contributed by atoms with Gasteiger partial charge in [0, 0.05) is 0 Å². The second-order valence-corrected chi connectivity index (χ2v) is 7.76. The van der Waals surface area contributed by atoms with Crippen molar-refractivity contribution in [1.29, 1.82) is 5.26 Å². The van der Waals surface area contributed by atoms with E-state index in [1.54, 1.807) is 6.07 Å². The molecule has 6 atom stereocenters. The van der Waals surface area contributed by atoms with Crippen LogP contribution in [0.3, 0.4) is 0 Å². The minimum atomic E-state index is -0.468. The molecule has 116 valence electrons. The van der Waals surface area contributed by atoms with Gasteiger partial charge in [0.1, 0.15) is 5.75 Å². The summed E-state index contributed by atoms with van der Waals surface area (Å²) in [6.07, 6.45) is 4.59. The summed E-state index contributed by atoms with van der Waals surface area (Å²) < 4.78 is 0. The number of phenolic OH excluding ortho intramolecular Hbond substituents is 1. The number of rotatable bonds is 0. The number of hydrogen-bond acceptors (Lipinski definition) is 3. The third-order valence-corrected chi connectivity index (χ3v) is 6.88. The second-order valence-electron chi connectivity index (χ2n) is 7.76. The molecule has 0 heterocycles. The highest BCUT2D eigenvalue weighted by molar-refractivity contribution is 5.40. The van der Waals surface area contributed by atoms with E-state index >= 15 is 0 Å². The van der Waals surface area contributed by atoms with Crippen molar-refractivity contribution in [2.45, 2.75) is 51.0 Å². The van der Waals surface area contributed by atoms with Gasteiger partial charge in [-0.3, -0.25) is 0 Å². The van der Waals surface area contributed by atoms with Crippen molar-refractivity contribution in [1.82, 2.24) is 0 Å². The normalized spacial score (nSPS) is 42.9. The van der Waals surface area contributed by atoms with Crippen molar-refractivity contribution in [3.8, 4) is 11.8 Å². The number of aryl methyl sites for hydroxylation is 1. The van der Waals surface area contributed by atoms with Crippen LogP contribution in [-0.4, -0.2) is 16.3 Å². The molecular weight excluding hydrogens is 274 g/mol. The van der Waals surface area contributed by atoms with Crippen LogP contribution in [0.5, 0.6) is 5.75 Å². The first kappa shape index (κ1) is 14.1. The van der Waals surface area contributed by atoms with Crippen molar-refractivity contribution < 1.29 is 10.2 Å². The first-order valence-electron chi connectivity index (χ1n) is 8.44. The van der Waals surface area contributed by atoms with E-state index in [-0.39, 0.29) is 11.3 Å². The van der Waals surface area contributed by atoms with Crippen LogP contribution in [-0.2, 0) is 6.42 Å². The third kappa shape index (κ3) is 1.77. The van der Waals surface area contributed by atoms with E-state index < -0.39 is 6.10 Å². The van der Waals surface area contributed by atoms with Crippen LogP contribution in [0.4, 0.5) is 0 Å². The molecule has 0 bridgehead atoms. The molecule has 0 unspecified atom stereocenters. The van der Waals surface area contributed by atoms with Gasteiger partial charge in [-0.05, 0) is 78.5 Å². The largest absolute Gasteiger partial charge is 0.508 e. The second kappa shape index (κ2) is 4.73. The Morgan fingerprint density at radius 3 is 2.91 bits per heavy atom. The molecule has 0 aliphatic heterocycles. The summed E-state index contributed by atoms with van der Waals surface area (Å²) in [4.78, 5) is 0. The van der Waals surface area contributed by atoms with E-state index in [1.807, 2.05) is 6.07 Å². The minimum Gasteiger partial charge on any atom is -0.508 e. The van der Waals surface area contributed by atoms with E-state index in [2.05, 4.69) is 19.1 Å². The lowest BCUT2D eigenvalue weighted by Crippen LogP contribution is -2.44. The number of aliphatic hydroxyl groups is 1. The predicted molar refractivity (Wildman–Crippen MR) is 83.2 cm³/mol. The van der Waals surface area contributed by atoms with Gasteiger partial charge in [-0.1, -0.05) is 13.0 Å². The van der Waals surface area contributed by atoms with E-state index in [9.17, 15) is 15.5 Å². The number of aliphatic hydroxyl groups excluding tert-OH is 1. The SMILES string of the molecule is C[C@]12CC[C@@H]3c4ccc(O)cc4CC[C@H]3[C@@H]1C[C@H](C#N)[C@@H]2O. The summed E-state index contributed by atoms with van der Waals surface area (Å²) in [5.74, 6) is 1.72. The molecule has 4 rings (SSSR count). The fraction of sp³-hybridized carbons (Fsp3) is 0.632. The fourth-order valence-electron chi connectivity index (χ4n) is 5.71. The molecule has 1 aromatic carbocycles. The fourth-order valence-corrected chi connectivity index (χ4v) is 5.71. The van der Waals surface area contributed by atoms with Gasteiger partial charge in [0.2, 0.25) is 0 Å². The van der Waals surface area contributed by atoms with Crippen molar-refractivity contribution in [2.24, 2.45) is 23.2 Å². The maximum atomic E-state index is 10.6. The van der Waals surface area contributed by atoms with Gasteiger partial charge in [0.05, 0.1) is 18.1 Å². The van der Waals surface area contributed by atoms with E-state index in [0.29, 0.717) is 23.5 Å². The molecule has 3 aliphatic rings. The van der Waals surface area contributed by atoms with Crippen molar-refractivity contribution in [3.63, 3.8) is 0 Å². The Morgan fingerprint density at radius 2 is 2.14 bits per heavy atom. The van der Waals surface area contributed by atoms with Gasteiger partial charge >= 0.3 is 0 Å². The molecule has 3 heteroatoms. The predicted octanol–water partition coefficient (Wildman–Crippen LogP) is 3.36. The van der Waals surface area contributed by atoms with Crippen LogP contribution in [0.2, 0.25) is 0 Å². The summed E-state index contributed by atoms with van der Waals surface area (Å²) in [6, 6.07) is 8.15. The molecule has 0 saturated heterocycles. The van der Waals surface area contributed by atoms with E-state index in [0.717, 1.165) is 32.1 Å². The molecule has 3 aliphatic carbocycles. The molecule has 1 aromatic rings. The zero-order valence-electron chi connectivity index (χ0n) is 13.0. The summed E-state index contributed by atoms with van der Waals surface area (Å²) in [5, 5.41) is 29.7. The zero-order chi connectivity index (χ0) is 15.5. The lowest BCUT2D eigenvalue weighted by atomic mass is 9.55. The average Bonchev–Trinajstić information content (AvgIpc) is 2.78. The molecule has 22 heavy (non-hydrogen) atoms. The number of fused-ring (bicyclic) bond motifs is 5. The zero-order valence-corrected chi connectivity index (χ0v) is 13.0. The summed E-state index contributed by atoms with van der Waals surface area (Å²) in [6.45, 7) is 2.20. The molecule has 2 fully saturated rings. The van der Waals surface area contributed by atoms with Gasteiger partial charge in [-0.2, -0.15) is 5.26 Å². The highest BCUT2D eigenvalue weighted by Crippen LogP contribution is 2.62. The smallest absolute Gasteiger partial charge is 0.115 e. The summed E-state index contributed by atoms with van der Waals surface area (Å²) >= 11 is 0. The first-order chi connectivity index (χ1) is 10.5. The number of hydrogen-bond donors (Lipinski definition) is 2. The maximum Gasteiger partial charge on any atom is 0.115 e. The minimum absolute atomic E-state index is 0.0873. The van der Waals surface area contributed by atoms with Crippen LogP contribution in [0.25, 0.3) is 0 Å². The topological polar surface area (TPSA) is 64.2 Å². The maximum absolute atomic E-state index is 10.6. The number of phenols is 1. The summed E-state index contributed by atoms with van der Waals surface area (Å²) in [7, 11) is 0. The summed E-state index contributed by atoms with van der Waals surface area (Å²) in [5.41, 5.74) is 2.60. The van der Waals surface area contributed by atoms with Crippen LogP contribution in [0, 0.1) is 34.5 Å². The lowest BCUT2D eigenvalue weighted by Gasteiger charge is -2.50. The van der Waals surface area contributed by atoms with Crippen molar-refractivity contribution in [2.75, 3.05) is 0 Å². The van der Waals surface area contributed by atoms with Gasteiger partial charge in [0.25, 0.3) is 0 Å². The molecule has 2 saturated carbocycles. The molecule has 0 aromatic heterocycles. The van der Waals surface area contributed by atoms with Gasteiger partial charge in [-0.25, -0.2) is 0 Å². The molecule has 0 spiro atoms. The number of benzene rings is 1. The Bertz CT molecular complexity index is 649. The van der Waals surface area contributed by atoms with Gasteiger partial charge in [0.15, 0.2) is 0 Å². The first-order valence-corrected chi connectivity index (χ1v) is 8.44. The van der Waals surface area contributed by atoms with E-state index in [4.69, 9.17) is 0 Å². The molecule has 0 radical (unpaired) electrons. The monoisotopic (exact) mass is 297 g/mol. The van der Waals surface area contributed by atoms with Crippen LogP contribution >= 0.6 is 0 Å². The number of nitrogens with zero attached hydrogens (tertiary/aromatic N) is 1. The van der Waals surface area contributed by atoms with E-state index in [1.165, 1.54) is 11.1 Å². The standard InChI is InChI=1S/C19H23NO2/c1-19-7-6-15-14-5-3-13(21)8-11(14)2-4-16(15)17(19)9-12(10-20)18(19)22/h3,5,8,12,15-18,21-22H,2,4,6-7,9H2,1H3/t12-,15-,16-,17+,18+,19+/m1/s1. The van der Waals surface area contributed by atoms with Crippen LogP contribution in [0.1, 0.15) is 49.7 Å². The highest BCUT2D eigenvalue weighted by Gasteiger charge is 2.58. The molecule has 0 amide bonds. The number of nitriles is 1. The Balaban J connectivity index is 1.71. The van der Waals surface area contributed by atoms with Crippen molar-refractivity contribution in [3.05, 3.63) is 29.3 Å². The Morgan fingerprint density at radius 1 is 1.32 bits per heavy atom. The Hall–Kier alpha value is -1.53. The lowest BCUT2D eigenvalue weighted by molar-refractivity contribution is -0.0280. The molecule has 2 N–H and O–H groups in total. The Kier molecular flexibility index (Phi) is 3.03. The van der Waals surface area contributed by atoms with Crippen molar-refractivity contribution >= 4 is 0 Å². The van der Waals surface area contributed by atoms with Gasteiger partial charge in [-0.15, -0.1) is 0 Å². The average molecular weight is 297 g/mol. The van der Waals surface area contributed by atoms with Gasteiger partial charge < -0.3 is 10.2 Å². The Labute approximate surface area is 131 Å². The molecular formula is C19H23NO2. The van der Waals surface area contributed by atoms with Crippen LogP contribution in [0.15, 0.2) is 18.2 Å². The highest BCUT2D eigenvalue weighted by atomic mass is 16.3. The quantitative estimate of drug-likeness (QED) is 0.771. The third-order valence-electron chi connectivity index (χ3n) is 6.88. The molecule has 3 nitrogen and oxygen atoms in total. The van der Waals surface area contributed by atoms with Crippen LogP contribution < -0.4 is 0 Å².